The lowest BCUT2D eigenvalue weighted by Crippen LogP contribution is -2.18. The van der Waals surface area contributed by atoms with Gasteiger partial charge in [-0.1, -0.05) is 42.5 Å². The molecule has 0 bridgehead atoms. The standard InChI is InChI=1S/C18H19NO2/c20-18(21)15-8-4-7-14(10-15)12-19-17-11-16(17)9-13-5-2-1-3-6-13/h1-8,10,16-17,19H,9,11-12H2,(H,20,21). The van der Waals surface area contributed by atoms with Gasteiger partial charge in [0.25, 0.3) is 0 Å². The second-order valence-electron chi connectivity index (χ2n) is 5.68. The van der Waals surface area contributed by atoms with E-state index in [4.69, 9.17) is 5.11 Å². The molecule has 3 rings (SSSR count). The zero-order chi connectivity index (χ0) is 14.7. The summed E-state index contributed by atoms with van der Waals surface area (Å²) in [7, 11) is 0. The quantitative estimate of drug-likeness (QED) is 0.855. The van der Waals surface area contributed by atoms with Crippen LogP contribution in [-0.2, 0) is 13.0 Å². The highest BCUT2D eigenvalue weighted by Gasteiger charge is 2.36. The second kappa shape index (κ2) is 6.10. The van der Waals surface area contributed by atoms with Crippen molar-refractivity contribution in [1.82, 2.24) is 5.32 Å². The minimum atomic E-state index is -0.870. The maximum Gasteiger partial charge on any atom is 0.335 e. The fourth-order valence-electron chi connectivity index (χ4n) is 2.70. The van der Waals surface area contributed by atoms with Crippen LogP contribution in [0.4, 0.5) is 0 Å². The van der Waals surface area contributed by atoms with E-state index >= 15 is 0 Å². The van der Waals surface area contributed by atoms with Crippen molar-refractivity contribution in [3.05, 3.63) is 71.3 Å². The highest BCUT2D eigenvalue weighted by atomic mass is 16.4. The summed E-state index contributed by atoms with van der Waals surface area (Å²) in [6, 6.07) is 18.2. The van der Waals surface area contributed by atoms with Gasteiger partial charge in [0.05, 0.1) is 5.56 Å². The van der Waals surface area contributed by atoms with Crippen LogP contribution in [0.3, 0.4) is 0 Å². The van der Waals surface area contributed by atoms with Gasteiger partial charge >= 0.3 is 5.97 Å². The van der Waals surface area contributed by atoms with E-state index in [2.05, 4.69) is 29.6 Å². The van der Waals surface area contributed by atoms with Gasteiger partial charge in [0.15, 0.2) is 0 Å². The van der Waals surface area contributed by atoms with Crippen molar-refractivity contribution in [3.8, 4) is 0 Å². The Morgan fingerprint density at radius 3 is 2.62 bits per heavy atom. The van der Waals surface area contributed by atoms with E-state index in [0.717, 1.165) is 18.5 Å². The van der Waals surface area contributed by atoms with Gasteiger partial charge in [0.1, 0.15) is 0 Å². The van der Waals surface area contributed by atoms with E-state index in [1.54, 1.807) is 18.2 Å². The Morgan fingerprint density at radius 1 is 1.10 bits per heavy atom. The first-order valence-electron chi connectivity index (χ1n) is 7.32. The third-order valence-electron chi connectivity index (χ3n) is 4.01. The number of hydrogen-bond donors (Lipinski definition) is 2. The Hall–Kier alpha value is -2.13. The smallest absolute Gasteiger partial charge is 0.335 e. The fourth-order valence-corrected chi connectivity index (χ4v) is 2.70. The van der Waals surface area contributed by atoms with Crippen LogP contribution in [0.5, 0.6) is 0 Å². The highest BCUT2D eigenvalue weighted by Crippen LogP contribution is 2.33. The summed E-state index contributed by atoms with van der Waals surface area (Å²) in [4.78, 5) is 10.9. The zero-order valence-electron chi connectivity index (χ0n) is 11.8. The lowest BCUT2D eigenvalue weighted by Gasteiger charge is -2.06. The third-order valence-corrected chi connectivity index (χ3v) is 4.01. The van der Waals surface area contributed by atoms with Crippen LogP contribution in [0.25, 0.3) is 0 Å². The fraction of sp³-hybridized carbons (Fsp3) is 0.278. The minimum absolute atomic E-state index is 0.353. The van der Waals surface area contributed by atoms with Crippen LogP contribution in [0, 0.1) is 5.92 Å². The van der Waals surface area contributed by atoms with Gasteiger partial charge in [0, 0.05) is 12.6 Å². The van der Waals surface area contributed by atoms with Crippen molar-refractivity contribution >= 4 is 5.97 Å². The molecule has 2 aromatic carbocycles. The van der Waals surface area contributed by atoms with Crippen LogP contribution in [0.2, 0.25) is 0 Å². The number of benzene rings is 2. The molecule has 1 saturated carbocycles. The summed E-state index contributed by atoms with van der Waals surface area (Å²) in [6.45, 7) is 0.733. The van der Waals surface area contributed by atoms with Gasteiger partial charge in [-0.25, -0.2) is 4.79 Å². The van der Waals surface area contributed by atoms with Crippen molar-refractivity contribution in [1.29, 1.82) is 0 Å². The summed E-state index contributed by atoms with van der Waals surface area (Å²) < 4.78 is 0. The van der Waals surface area contributed by atoms with Crippen LogP contribution in [-0.4, -0.2) is 17.1 Å². The molecule has 0 spiro atoms. The van der Waals surface area contributed by atoms with Crippen LogP contribution in [0.1, 0.15) is 27.9 Å². The van der Waals surface area contributed by atoms with Crippen LogP contribution < -0.4 is 5.32 Å². The molecule has 1 fully saturated rings. The third kappa shape index (κ3) is 3.70. The summed E-state index contributed by atoms with van der Waals surface area (Å²) >= 11 is 0. The predicted molar refractivity (Wildman–Crippen MR) is 82.3 cm³/mol. The van der Waals surface area contributed by atoms with E-state index in [-0.39, 0.29) is 0 Å². The van der Waals surface area contributed by atoms with Crippen molar-refractivity contribution in [2.75, 3.05) is 0 Å². The molecule has 2 atom stereocenters. The monoisotopic (exact) mass is 281 g/mol. The first-order chi connectivity index (χ1) is 10.2. The van der Waals surface area contributed by atoms with E-state index in [0.29, 0.717) is 17.5 Å². The average Bonchev–Trinajstić information content (AvgIpc) is 3.24. The predicted octanol–water partition coefficient (Wildman–Crippen LogP) is 3.11. The van der Waals surface area contributed by atoms with Crippen LogP contribution in [0.15, 0.2) is 54.6 Å². The molecule has 3 nitrogen and oxygen atoms in total. The number of rotatable bonds is 6. The lowest BCUT2D eigenvalue weighted by atomic mass is 10.1. The summed E-state index contributed by atoms with van der Waals surface area (Å²) in [6.07, 6.45) is 2.32. The van der Waals surface area contributed by atoms with E-state index < -0.39 is 5.97 Å². The molecule has 108 valence electrons. The zero-order valence-corrected chi connectivity index (χ0v) is 11.8. The average molecular weight is 281 g/mol. The number of carboxylic acids is 1. The summed E-state index contributed by atoms with van der Waals surface area (Å²) in [5.74, 6) is -0.166. The topological polar surface area (TPSA) is 49.3 Å². The SMILES string of the molecule is O=C(O)c1cccc(CNC2CC2Cc2ccccc2)c1. The molecule has 2 N–H and O–H groups in total. The van der Waals surface area contributed by atoms with Crippen molar-refractivity contribution in [3.63, 3.8) is 0 Å². The molecular weight excluding hydrogens is 262 g/mol. The molecule has 0 heterocycles. The molecule has 1 aliphatic carbocycles. The van der Waals surface area contributed by atoms with Gasteiger partial charge in [0.2, 0.25) is 0 Å². The van der Waals surface area contributed by atoms with E-state index in [9.17, 15) is 4.79 Å². The number of aromatic carboxylic acids is 1. The Morgan fingerprint density at radius 2 is 1.86 bits per heavy atom. The Bertz CT molecular complexity index is 624. The van der Waals surface area contributed by atoms with E-state index in [1.807, 2.05) is 12.1 Å². The maximum absolute atomic E-state index is 10.9. The normalized spacial score (nSPS) is 20.2. The number of carbonyl (C=O) groups is 1. The molecule has 1 aliphatic rings. The molecular formula is C18H19NO2. The number of carboxylic acid groups (broad SMARTS) is 1. The largest absolute Gasteiger partial charge is 0.478 e. The van der Waals surface area contributed by atoms with Crippen molar-refractivity contribution in [2.45, 2.75) is 25.4 Å². The van der Waals surface area contributed by atoms with E-state index in [1.165, 1.54) is 12.0 Å². The summed E-state index contributed by atoms with van der Waals surface area (Å²) in [5, 5.41) is 12.5. The molecule has 0 saturated heterocycles. The molecule has 21 heavy (non-hydrogen) atoms. The van der Waals surface area contributed by atoms with Gasteiger partial charge in [-0.2, -0.15) is 0 Å². The highest BCUT2D eigenvalue weighted by molar-refractivity contribution is 5.87. The van der Waals surface area contributed by atoms with Crippen molar-refractivity contribution in [2.24, 2.45) is 5.92 Å². The second-order valence-corrected chi connectivity index (χ2v) is 5.68. The minimum Gasteiger partial charge on any atom is -0.478 e. The Balaban J connectivity index is 1.49. The molecule has 0 aromatic heterocycles. The molecule has 0 radical (unpaired) electrons. The van der Waals surface area contributed by atoms with Crippen molar-refractivity contribution < 1.29 is 9.90 Å². The molecule has 0 aliphatic heterocycles. The molecule has 3 heteroatoms. The lowest BCUT2D eigenvalue weighted by molar-refractivity contribution is 0.0696. The van der Waals surface area contributed by atoms with Gasteiger partial charge in [-0.3, -0.25) is 0 Å². The Kier molecular flexibility index (Phi) is 4.02. The first-order valence-corrected chi connectivity index (χ1v) is 7.32. The summed E-state index contributed by atoms with van der Waals surface area (Å²) in [5.41, 5.74) is 2.77. The number of nitrogens with one attached hydrogen (secondary N) is 1. The molecule has 2 unspecified atom stereocenters. The number of hydrogen-bond acceptors (Lipinski definition) is 2. The Labute approximate surface area is 124 Å². The maximum atomic E-state index is 10.9. The van der Waals surface area contributed by atoms with Gasteiger partial charge in [-0.05, 0) is 42.0 Å². The van der Waals surface area contributed by atoms with Gasteiger partial charge in [-0.15, -0.1) is 0 Å². The first kappa shape index (κ1) is 13.8. The van der Waals surface area contributed by atoms with Crippen LogP contribution >= 0.6 is 0 Å². The molecule has 0 amide bonds. The molecule has 2 aromatic rings. The van der Waals surface area contributed by atoms with Gasteiger partial charge < -0.3 is 10.4 Å².